The molecule has 1 aromatic carbocycles. The van der Waals surface area contributed by atoms with Crippen LogP contribution in [-0.4, -0.2) is 48.7 Å². The van der Waals surface area contributed by atoms with Crippen LogP contribution in [0.4, 0.5) is 10.8 Å². The third-order valence-electron chi connectivity index (χ3n) is 2.88. The van der Waals surface area contributed by atoms with E-state index >= 15 is 0 Å². The maximum absolute atomic E-state index is 11.8. The summed E-state index contributed by atoms with van der Waals surface area (Å²) >= 11 is 2.75. The van der Waals surface area contributed by atoms with Crippen molar-refractivity contribution < 1.29 is 14.3 Å². The molecule has 0 unspecified atom stereocenters. The van der Waals surface area contributed by atoms with Crippen molar-refractivity contribution in [3.63, 3.8) is 0 Å². The van der Waals surface area contributed by atoms with Crippen LogP contribution >= 0.6 is 23.1 Å². The van der Waals surface area contributed by atoms with Gasteiger partial charge < -0.3 is 20.1 Å². The van der Waals surface area contributed by atoms with Gasteiger partial charge in [-0.2, -0.15) is 0 Å². The molecule has 0 saturated carbocycles. The molecule has 2 aromatic rings. The van der Waals surface area contributed by atoms with E-state index in [9.17, 15) is 4.79 Å². The lowest BCUT2D eigenvalue weighted by Gasteiger charge is -2.11. The highest BCUT2D eigenvalue weighted by atomic mass is 32.2. The SMILES string of the molecule is COC[C@H](C)NC(=O)CSc1nnc(Nc2cccc(OC)c2)s1. The first-order chi connectivity index (χ1) is 11.6. The second-order valence-electron chi connectivity index (χ2n) is 4.94. The average molecular weight is 368 g/mol. The molecular formula is C15H20N4O3S2. The molecule has 2 rings (SSSR count). The third kappa shape index (κ3) is 5.99. The van der Waals surface area contributed by atoms with Gasteiger partial charge in [-0.15, -0.1) is 10.2 Å². The monoisotopic (exact) mass is 368 g/mol. The van der Waals surface area contributed by atoms with Crippen molar-refractivity contribution >= 4 is 39.8 Å². The Morgan fingerprint density at radius 2 is 2.21 bits per heavy atom. The second kappa shape index (κ2) is 9.45. The zero-order valence-electron chi connectivity index (χ0n) is 13.7. The maximum Gasteiger partial charge on any atom is 0.230 e. The van der Waals surface area contributed by atoms with Crippen LogP contribution in [0.2, 0.25) is 0 Å². The summed E-state index contributed by atoms with van der Waals surface area (Å²) in [4.78, 5) is 11.8. The fourth-order valence-corrected chi connectivity index (χ4v) is 3.46. The van der Waals surface area contributed by atoms with E-state index in [0.29, 0.717) is 17.5 Å². The van der Waals surface area contributed by atoms with E-state index in [0.717, 1.165) is 15.8 Å². The molecule has 1 amide bonds. The molecule has 130 valence electrons. The predicted octanol–water partition coefficient (Wildman–Crippen LogP) is 2.53. The Morgan fingerprint density at radius 3 is 2.96 bits per heavy atom. The summed E-state index contributed by atoms with van der Waals surface area (Å²) in [5.41, 5.74) is 0.869. The molecule has 0 spiro atoms. The molecule has 1 heterocycles. The minimum atomic E-state index is -0.0537. The molecule has 0 aliphatic rings. The number of rotatable bonds is 9. The normalized spacial score (nSPS) is 11.8. The lowest BCUT2D eigenvalue weighted by molar-refractivity contribution is -0.119. The Hall–Kier alpha value is -1.84. The Kier molecular flexibility index (Phi) is 7.29. The number of hydrogen-bond donors (Lipinski definition) is 2. The number of thioether (sulfide) groups is 1. The van der Waals surface area contributed by atoms with E-state index in [1.54, 1.807) is 14.2 Å². The predicted molar refractivity (Wildman–Crippen MR) is 96.4 cm³/mol. The molecule has 0 radical (unpaired) electrons. The zero-order valence-corrected chi connectivity index (χ0v) is 15.4. The second-order valence-corrected chi connectivity index (χ2v) is 7.14. The number of carbonyl (C=O) groups excluding carboxylic acids is 1. The van der Waals surface area contributed by atoms with Gasteiger partial charge in [0.15, 0.2) is 4.34 Å². The van der Waals surface area contributed by atoms with E-state index in [1.807, 2.05) is 31.2 Å². The number of carbonyl (C=O) groups is 1. The van der Waals surface area contributed by atoms with Crippen molar-refractivity contribution in [3.8, 4) is 5.75 Å². The highest BCUT2D eigenvalue weighted by molar-refractivity contribution is 8.01. The topological polar surface area (TPSA) is 85.4 Å². The third-order valence-corrected chi connectivity index (χ3v) is 4.85. The number of nitrogens with zero attached hydrogens (tertiary/aromatic N) is 2. The smallest absolute Gasteiger partial charge is 0.230 e. The number of amides is 1. The Bertz CT molecular complexity index is 666. The van der Waals surface area contributed by atoms with E-state index in [2.05, 4.69) is 20.8 Å². The van der Waals surface area contributed by atoms with Gasteiger partial charge in [0.05, 0.1) is 19.5 Å². The van der Waals surface area contributed by atoms with Crippen LogP contribution in [-0.2, 0) is 9.53 Å². The highest BCUT2D eigenvalue weighted by Crippen LogP contribution is 2.28. The van der Waals surface area contributed by atoms with Crippen molar-refractivity contribution in [1.82, 2.24) is 15.5 Å². The molecule has 7 nitrogen and oxygen atoms in total. The summed E-state index contributed by atoms with van der Waals surface area (Å²) in [6.07, 6.45) is 0. The summed E-state index contributed by atoms with van der Waals surface area (Å²) in [5, 5.41) is 14.8. The number of benzene rings is 1. The van der Waals surface area contributed by atoms with Crippen LogP contribution in [0, 0.1) is 0 Å². The Labute approximate surface area is 149 Å². The quantitative estimate of drug-likeness (QED) is 0.658. The van der Waals surface area contributed by atoms with Crippen molar-refractivity contribution in [2.75, 3.05) is 31.9 Å². The van der Waals surface area contributed by atoms with Crippen molar-refractivity contribution in [1.29, 1.82) is 0 Å². The fraction of sp³-hybridized carbons (Fsp3) is 0.400. The minimum absolute atomic E-state index is 0.0113. The van der Waals surface area contributed by atoms with Gasteiger partial charge in [-0.3, -0.25) is 4.79 Å². The first-order valence-corrected chi connectivity index (χ1v) is 9.06. The Morgan fingerprint density at radius 1 is 1.38 bits per heavy atom. The molecule has 0 aliphatic heterocycles. The molecule has 0 saturated heterocycles. The summed E-state index contributed by atoms with van der Waals surface area (Å²) in [6, 6.07) is 7.54. The summed E-state index contributed by atoms with van der Waals surface area (Å²) < 4.78 is 10.9. The van der Waals surface area contributed by atoms with Crippen LogP contribution < -0.4 is 15.4 Å². The standard InChI is InChI=1S/C15H20N4O3S2/c1-10(8-21-2)16-13(20)9-23-15-19-18-14(24-15)17-11-5-4-6-12(7-11)22-3/h4-7,10H,8-9H2,1-3H3,(H,16,20)(H,17,18)/t10-/m0/s1. The summed E-state index contributed by atoms with van der Waals surface area (Å²) in [6.45, 7) is 2.39. The number of nitrogens with one attached hydrogen (secondary N) is 2. The fourth-order valence-electron chi connectivity index (χ4n) is 1.88. The van der Waals surface area contributed by atoms with Crippen molar-refractivity contribution in [3.05, 3.63) is 24.3 Å². The van der Waals surface area contributed by atoms with Crippen LogP contribution in [0.15, 0.2) is 28.6 Å². The molecule has 0 bridgehead atoms. The lowest BCUT2D eigenvalue weighted by Crippen LogP contribution is -2.36. The molecular weight excluding hydrogens is 348 g/mol. The average Bonchev–Trinajstić information content (AvgIpc) is 3.01. The first-order valence-electron chi connectivity index (χ1n) is 7.26. The van der Waals surface area contributed by atoms with Gasteiger partial charge in [0.2, 0.25) is 11.0 Å². The van der Waals surface area contributed by atoms with E-state index in [4.69, 9.17) is 9.47 Å². The molecule has 24 heavy (non-hydrogen) atoms. The van der Waals surface area contributed by atoms with Crippen LogP contribution in [0.5, 0.6) is 5.75 Å². The van der Waals surface area contributed by atoms with Gasteiger partial charge >= 0.3 is 0 Å². The van der Waals surface area contributed by atoms with Gasteiger partial charge in [0.25, 0.3) is 0 Å². The first kappa shape index (κ1) is 18.5. The number of ether oxygens (including phenoxy) is 2. The van der Waals surface area contributed by atoms with Gasteiger partial charge in [0.1, 0.15) is 5.75 Å². The highest BCUT2D eigenvalue weighted by Gasteiger charge is 2.10. The largest absolute Gasteiger partial charge is 0.497 e. The molecule has 9 heteroatoms. The van der Waals surface area contributed by atoms with E-state index in [-0.39, 0.29) is 11.9 Å². The van der Waals surface area contributed by atoms with Gasteiger partial charge in [0, 0.05) is 24.9 Å². The lowest BCUT2D eigenvalue weighted by atomic mass is 10.3. The number of hydrogen-bond acceptors (Lipinski definition) is 8. The summed E-state index contributed by atoms with van der Waals surface area (Å²) in [7, 11) is 3.23. The molecule has 1 atom stereocenters. The van der Waals surface area contributed by atoms with E-state index < -0.39 is 0 Å². The molecule has 0 aliphatic carbocycles. The molecule has 1 aromatic heterocycles. The van der Waals surface area contributed by atoms with Gasteiger partial charge in [-0.25, -0.2) is 0 Å². The molecule has 2 N–H and O–H groups in total. The van der Waals surface area contributed by atoms with Crippen molar-refractivity contribution in [2.24, 2.45) is 0 Å². The Balaban J connectivity index is 1.83. The van der Waals surface area contributed by atoms with E-state index in [1.165, 1.54) is 23.1 Å². The zero-order chi connectivity index (χ0) is 17.4. The van der Waals surface area contributed by atoms with Gasteiger partial charge in [-0.05, 0) is 19.1 Å². The maximum atomic E-state index is 11.8. The number of methoxy groups -OCH3 is 2. The van der Waals surface area contributed by atoms with Crippen LogP contribution in [0.25, 0.3) is 0 Å². The minimum Gasteiger partial charge on any atom is -0.497 e. The van der Waals surface area contributed by atoms with Crippen LogP contribution in [0.3, 0.4) is 0 Å². The molecule has 0 fully saturated rings. The summed E-state index contributed by atoms with van der Waals surface area (Å²) in [5.74, 6) is 1.00. The number of aromatic nitrogens is 2. The van der Waals surface area contributed by atoms with Crippen molar-refractivity contribution in [2.45, 2.75) is 17.3 Å². The number of anilines is 2. The van der Waals surface area contributed by atoms with Gasteiger partial charge in [-0.1, -0.05) is 29.2 Å². The van der Waals surface area contributed by atoms with Crippen LogP contribution in [0.1, 0.15) is 6.92 Å².